The zero-order valence-electron chi connectivity index (χ0n) is 19.2. The predicted molar refractivity (Wildman–Crippen MR) is 137 cm³/mol. The number of nitrogens with zero attached hydrogens (tertiary/aromatic N) is 2. The molecule has 0 atom stereocenters. The number of hydrogen-bond acceptors (Lipinski definition) is 3. The molecule has 1 N–H and O–H groups in total. The first-order valence-corrected chi connectivity index (χ1v) is 12.7. The maximum atomic E-state index is 13.5. The predicted octanol–water partition coefficient (Wildman–Crippen LogP) is 5.03. The molecule has 6 heteroatoms. The number of benzene rings is 2. The molecule has 0 spiro atoms. The number of rotatable bonds is 10. The lowest BCUT2D eigenvalue weighted by Gasteiger charge is -2.28. The topological polar surface area (TPSA) is 56.4 Å². The molecular weight excluding hydrogens is 442 g/mol. The van der Waals surface area contributed by atoms with E-state index in [9.17, 15) is 9.59 Å². The van der Waals surface area contributed by atoms with E-state index in [1.54, 1.807) is 11.3 Å². The molecule has 1 aliphatic carbocycles. The van der Waals surface area contributed by atoms with Crippen LogP contribution in [0.4, 0.5) is 0 Å². The summed E-state index contributed by atoms with van der Waals surface area (Å²) >= 11 is 1.59. The van der Waals surface area contributed by atoms with E-state index in [0.717, 1.165) is 35.2 Å². The van der Waals surface area contributed by atoms with Crippen molar-refractivity contribution < 1.29 is 9.59 Å². The number of nitrogens with one attached hydrogen (secondary N) is 1. The van der Waals surface area contributed by atoms with Crippen LogP contribution < -0.4 is 0 Å². The molecule has 1 fully saturated rings. The molecule has 0 saturated heterocycles. The van der Waals surface area contributed by atoms with Crippen LogP contribution in [-0.2, 0) is 29.0 Å². The number of carbonyl (C=O) groups excluding carboxylic acids is 2. The molecule has 34 heavy (non-hydrogen) atoms. The summed E-state index contributed by atoms with van der Waals surface area (Å²) in [6.07, 6.45) is 5.14. The SMILES string of the molecule is O=C(CN(C(=O)Cc1cccs1)C1CC1)N(CCc1c[nH]c2ccccc12)Cc1ccccc1. The molecular formula is C28H29N3O2S. The van der Waals surface area contributed by atoms with Crippen LogP contribution in [-0.4, -0.2) is 45.7 Å². The van der Waals surface area contributed by atoms with Gasteiger partial charge in [-0.2, -0.15) is 0 Å². The Morgan fingerprint density at radius 3 is 2.50 bits per heavy atom. The van der Waals surface area contributed by atoms with Gasteiger partial charge in [0.05, 0.1) is 6.42 Å². The Morgan fingerprint density at radius 2 is 1.74 bits per heavy atom. The van der Waals surface area contributed by atoms with E-state index in [1.807, 2.05) is 76.0 Å². The molecule has 2 aromatic carbocycles. The lowest BCUT2D eigenvalue weighted by atomic mass is 10.1. The van der Waals surface area contributed by atoms with Crippen LogP contribution in [0.1, 0.15) is 28.8 Å². The van der Waals surface area contributed by atoms with Crippen LogP contribution in [0.15, 0.2) is 78.3 Å². The molecule has 174 valence electrons. The van der Waals surface area contributed by atoms with Gasteiger partial charge in [-0.1, -0.05) is 54.6 Å². The number of aromatic amines is 1. The van der Waals surface area contributed by atoms with Crippen molar-refractivity contribution >= 4 is 34.1 Å². The molecule has 1 saturated carbocycles. The molecule has 0 unspecified atom stereocenters. The van der Waals surface area contributed by atoms with E-state index in [0.29, 0.717) is 19.5 Å². The summed E-state index contributed by atoms with van der Waals surface area (Å²) in [6.45, 7) is 1.29. The molecule has 4 aromatic rings. The Bertz CT molecular complexity index is 1250. The van der Waals surface area contributed by atoms with E-state index in [-0.39, 0.29) is 24.4 Å². The molecule has 1 aliphatic rings. The first-order valence-electron chi connectivity index (χ1n) is 11.9. The lowest BCUT2D eigenvalue weighted by Crippen LogP contribution is -2.44. The fourth-order valence-electron chi connectivity index (χ4n) is 4.41. The van der Waals surface area contributed by atoms with Gasteiger partial charge in [-0.25, -0.2) is 0 Å². The third kappa shape index (κ3) is 5.39. The summed E-state index contributed by atoms with van der Waals surface area (Å²) in [5.41, 5.74) is 3.41. The second-order valence-corrected chi connectivity index (χ2v) is 9.95. The Hall–Kier alpha value is -3.38. The maximum absolute atomic E-state index is 13.5. The number of amides is 2. The van der Waals surface area contributed by atoms with Crippen LogP contribution in [0.3, 0.4) is 0 Å². The van der Waals surface area contributed by atoms with E-state index >= 15 is 0 Å². The zero-order chi connectivity index (χ0) is 23.3. The van der Waals surface area contributed by atoms with Crippen molar-refractivity contribution in [2.75, 3.05) is 13.1 Å². The third-order valence-corrected chi connectivity index (χ3v) is 7.29. The molecule has 0 aliphatic heterocycles. The largest absolute Gasteiger partial charge is 0.361 e. The number of fused-ring (bicyclic) bond motifs is 1. The van der Waals surface area contributed by atoms with Crippen molar-refractivity contribution in [2.24, 2.45) is 0 Å². The number of carbonyl (C=O) groups is 2. The highest BCUT2D eigenvalue weighted by Crippen LogP contribution is 2.28. The van der Waals surface area contributed by atoms with Crippen molar-refractivity contribution in [3.8, 4) is 0 Å². The minimum Gasteiger partial charge on any atom is -0.361 e. The van der Waals surface area contributed by atoms with Gasteiger partial charge >= 0.3 is 0 Å². The van der Waals surface area contributed by atoms with Crippen LogP contribution >= 0.6 is 11.3 Å². The van der Waals surface area contributed by atoms with Gasteiger partial charge in [-0.15, -0.1) is 11.3 Å². The van der Waals surface area contributed by atoms with Gasteiger partial charge in [0.2, 0.25) is 11.8 Å². The van der Waals surface area contributed by atoms with Crippen LogP contribution in [0.2, 0.25) is 0 Å². The Morgan fingerprint density at radius 1 is 0.941 bits per heavy atom. The third-order valence-electron chi connectivity index (χ3n) is 6.41. The normalized spacial score (nSPS) is 13.2. The van der Waals surface area contributed by atoms with Crippen molar-refractivity contribution in [1.82, 2.24) is 14.8 Å². The monoisotopic (exact) mass is 471 g/mol. The summed E-state index contributed by atoms with van der Waals surface area (Å²) < 4.78 is 0. The van der Waals surface area contributed by atoms with Gasteiger partial charge in [-0.05, 0) is 47.9 Å². The van der Waals surface area contributed by atoms with Crippen molar-refractivity contribution in [3.05, 3.63) is 94.3 Å². The highest BCUT2D eigenvalue weighted by molar-refractivity contribution is 7.10. The van der Waals surface area contributed by atoms with Crippen LogP contribution in [0.25, 0.3) is 10.9 Å². The quantitative estimate of drug-likeness (QED) is 0.353. The van der Waals surface area contributed by atoms with E-state index < -0.39 is 0 Å². The average molecular weight is 472 g/mol. The average Bonchev–Trinajstić information content (AvgIpc) is 3.41. The number of H-pyrrole nitrogens is 1. The molecule has 2 amide bonds. The minimum atomic E-state index is 0.00937. The highest BCUT2D eigenvalue weighted by Gasteiger charge is 2.34. The fourth-order valence-corrected chi connectivity index (χ4v) is 5.10. The first kappa shape index (κ1) is 22.4. The van der Waals surface area contributed by atoms with Crippen molar-refractivity contribution in [3.63, 3.8) is 0 Å². The van der Waals surface area contributed by atoms with Gasteiger partial charge in [0.1, 0.15) is 6.54 Å². The van der Waals surface area contributed by atoms with E-state index in [4.69, 9.17) is 0 Å². The van der Waals surface area contributed by atoms with Crippen LogP contribution in [0, 0.1) is 0 Å². The summed E-state index contributed by atoms with van der Waals surface area (Å²) in [5.74, 6) is 0.0599. The van der Waals surface area contributed by atoms with E-state index in [1.165, 1.54) is 10.9 Å². The maximum Gasteiger partial charge on any atom is 0.242 e. The molecule has 5 rings (SSSR count). The van der Waals surface area contributed by atoms with Gasteiger partial charge in [0.25, 0.3) is 0 Å². The van der Waals surface area contributed by atoms with Crippen LogP contribution in [0.5, 0.6) is 0 Å². The van der Waals surface area contributed by atoms with Gasteiger partial charge < -0.3 is 14.8 Å². The van der Waals surface area contributed by atoms with Gasteiger partial charge in [0.15, 0.2) is 0 Å². The summed E-state index contributed by atoms with van der Waals surface area (Å²) in [5, 5.41) is 3.18. The molecule has 5 nitrogen and oxygen atoms in total. The minimum absolute atomic E-state index is 0.00937. The standard InChI is InChI=1S/C28H29N3O2S/c32-27(17-24-9-6-16-34-24)31(23-12-13-23)20-28(33)30(19-21-7-2-1-3-8-21)15-14-22-18-29-26-11-5-4-10-25(22)26/h1-11,16,18,23,29H,12-15,17,19-20H2. The molecule has 0 bridgehead atoms. The second-order valence-electron chi connectivity index (χ2n) is 8.92. The van der Waals surface area contributed by atoms with Gasteiger partial charge in [-0.3, -0.25) is 9.59 Å². The number of aromatic nitrogens is 1. The summed E-state index contributed by atoms with van der Waals surface area (Å²) in [4.78, 5) is 34.7. The fraction of sp³-hybridized carbons (Fsp3) is 0.286. The van der Waals surface area contributed by atoms with E-state index in [2.05, 4.69) is 17.1 Å². The smallest absolute Gasteiger partial charge is 0.242 e. The first-order chi connectivity index (χ1) is 16.7. The highest BCUT2D eigenvalue weighted by atomic mass is 32.1. The Balaban J connectivity index is 1.31. The Kier molecular flexibility index (Phi) is 6.77. The number of thiophene rings is 1. The summed E-state index contributed by atoms with van der Waals surface area (Å²) in [6, 6.07) is 22.5. The molecule has 2 heterocycles. The van der Waals surface area contributed by atoms with Crippen molar-refractivity contribution in [2.45, 2.75) is 38.3 Å². The summed E-state index contributed by atoms with van der Waals surface area (Å²) in [7, 11) is 0. The lowest BCUT2D eigenvalue weighted by molar-refractivity contribution is -0.141. The van der Waals surface area contributed by atoms with Gasteiger partial charge in [0, 0.05) is 41.1 Å². The second kappa shape index (κ2) is 10.3. The zero-order valence-corrected chi connectivity index (χ0v) is 20.0. The Labute approximate surface area is 204 Å². The molecule has 0 radical (unpaired) electrons. The molecule has 2 aromatic heterocycles. The van der Waals surface area contributed by atoms with Crippen molar-refractivity contribution in [1.29, 1.82) is 0 Å². The number of hydrogen-bond donors (Lipinski definition) is 1. The number of para-hydroxylation sites is 1.